The minimum Gasteiger partial charge on any atom is -0.393 e. The summed E-state index contributed by atoms with van der Waals surface area (Å²) in [6, 6.07) is 6.39. The van der Waals surface area contributed by atoms with Crippen molar-refractivity contribution in [1.29, 1.82) is 0 Å². The number of hydrogen-bond donors (Lipinski definition) is 1. The third-order valence-corrected chi connectivity index (χ3v) is 4.00. The van der Waals surface area contributed by atoms with E-state index in [2.05, 4.69) is 6.92 Å². The summed E-state index contributed by atoms with van der Waals surface area (Å²) in [6.45, 7) is 4.15. The lowest BCUT2D eigenvalue weighted by Gasteiger charge is -2.46. The molecule has 0 amide bonds. The van der Waals surface area contributed by atoms with Crippen molar-refractivity contribution < 1.29 is 14.2 Å². The number of unbranched alkanes of at least 4 members (excludes halogenated alkanes) is 2. The van der Waals surface area contributed by atoms with Crippen molar-refractivity contribution >= 4 is 0 Å². The predicted molar refractivity (Wildman–Crippen MR) is 73.3 cm³/mol. The average Bonchev–Trinajstić information content (AvgIpc) is 2.37. The molecule has 0 aromatic heterocycles. The summed E-state index contributed by atoms with van der Waals surface area (Å²) in [6.07, 6.45) is 3.84. The molecule has 1 aliphatic heterocycles. The van der Waals surface area contributed by atoms with Crippen molar-refractivity contribution in [1.82, 2.24) is 0 Å². The molecule has 2 nitrogen and oxygen atoms in total. The summed E-state index contributed by atoms with van der Waals surface area (Å²) in [5.74, 6) is -0.113. The maximum absolute atomic E-state index is 12.9. The first-order valence-corrected chi connectivity index (χ1v) is 7.22. The van der Waals surface area contributed by atoms with Crippen molar-refractivity contribution in [3.63, 3.8) is 0 Å². The van der Waals surface area contributed by atoms with Gasteiger partial charge in [0.15, 0.2) is 0 Å². The minimum atomic E-state index is -0.328. The predicted octanol–water partition coefficient (Wildman–Crippen LogP) is 3.84. The SMILES string of the molecule is CCCCC[C@H](O)[C@H]1[C@H](C)O[C@@H]1c1ccc(F)cc1. The second-order valence-corrected chi connectivity index (χ2v) is 5.45. The average molecular weight is 266 g/mol. The third kappa shape index (κ3) is 3.34. The van der Waals surface area contributed by atoms with E-state index in [0.29, 0.717) is 0 Å². The molecule has 4 atom stereocenters. The highest BCUT2D eigenvalue weighted by atomic mass is 19.1. The van der Waals surface area contributed by atoms with Crippen LogP contribution in [0.2, 0.25) is 0 Å². The largest absolute Gasteiger partial charge is 0.393 e. The second-order valence-electron chi connectivity index (χ2n) is 5.45. The van der Waals surface area contributed by atoms with Crippen LogP contribution in [0.5, 0.6) is 0 Å². The normalized spacial score (nSPS) is 27.9. The highest BCUT2D eigenvalue weighted by molar-refractivity contribution is 5.22. The quantitative estimate of drug-likeness (QED) is 0.793. The fourth-order valence-electron chi connectivity index (χ4n) is 2.83. The Morgan fingerprint density at radius 2 is 1.95 bits per heavy atom. The Morgan fingerprint density at radius 1 is 1.26 bits per heavy atom. The molecule has 0 unspecified atom stereocenters. The summed E-state index contributed by atoms with van der Waals surface area (Å²) < 4.78 is 18.6. The summed E-state index contributed by atoms with van der Waals surface area (Å²) in [7, 11) is 0. The van der Waals surface area contributed by atoms with E-state index in [9.17, 15) is 9.50 Å². The van der Waals surface area contributed by atoms with Crippen molar-refractivity contribution in [2.45, 2.75) is 57.8 Å². The van der Waals surface area contributed by atoms with E-state index in [1.807, 2.05) is 6.92 Å². The molecule has 1 aromatic carbocycles. The van der Waals surface area contributed by atoms with Crippen LogP contribution in [0.25, 0.3) is 0 Å². The van der Waals surface area contributed by atoms with Crippen LogP contribution in [0.3, 0.4) is 0 Å². The van der Waals surface area contributed by atoms with E-state index < -0.39 is 0 Å². The van der Waals surface area contributed by atoms with Crippen molar-refractivity contribution in [2.75, 3.05) is 0 Å². The Labute approximate surface area is 114 Å². The van der Waals surface area contributed by atoms with Crippen LogP contribution in [0.4, 0.5) is 4.39 Å². The van der Waals surface area contributed by atoms with Gasteiger partial charge in [-0.2, -0.15) is 0 Å². The number of benzene rings is 1. The van der Waals surface area contributed by atoms with Crippen LogP contribution in [-0.2, 0) is 4.74 Å². The van der Waals surface area contributed by atoms with E-state index in [1.54, 1.807) is 12.1 Å². The second kappa shape index (κ2) is 6.49. The molecule has 1 heterocycles. The maximum atomic E-state index is 12.9. The fraction of sp³-hybridized carbons (Fsp3) is 0.625. The molecular weight excluding hydrogens is 243 g/mol. The van der Waals surface area contributed by atoms with E-state index in [4.69, 9.17) is 4.74 Å². The standard InChI is InChI=1S/C16H23FO2/c1-3-4-5-6-14(18)15-11(2)19-16(15)12-7-9-13(17)10-8-12/h7-11,14-16,18H,3-6H2,1-2H3/t11-,14-,15+,16+/m0/s1. The van der Waals surface area contributed by atoms with Crippen LogP contribution in [0.1, 0.15) is 51.2 Å². The molecule has 0 saturated carbocycles. The topological polar surface area (TPSA) is 29.5 Å². The number of hydrogen-bond acceptors (Lipinski definition) is 2. The van der Waals surface area contributed by atoms with Crippen LogP contribution in [-0.4, -0.2) is 17.3 Å². The van der Waals surface area contributed by atoms with Gasteiger partial charge in [-0.25, -0.2) is 4.39 Å². The molecule has 0 spiro atoms. The van der Waals surface area contributed by atoms with E-state index in [1.165, 1.54) is 12.1 Å². The van der Waals surface area contributed by atoms with Gasteiger partial charge < -0.3 is 9.84 Å². The molecule has 3 heteroatoms. The summed E-state index contributed by atoms with van der Waals surface area (Å²) in [5.41, 5.74) is 0.957. The molecule has 2 rings (SSSR count). The van der Waals surface area contributed by atoms with E-state index >= 15 is 0 Å². The van der Waals surface area contributed by atoms with Crippen molar-refractivity contribution in [2.24, 2.45) is 5.92 Å². The minimum absolute atomic E-state index is 0.0756. The Kier molecular flexibility index (Phi) is 4.94. The Morgan fingerprint density at radius 3 is 2.53 bits per heavy atom. The molecule has 1 fully saturated rings. The van der Waals surface area contributed by atoms with Gasteiger partial charge in [0.2, 0.25) is 0 Å². The number of ether oxygens (including phenoxy) is 1. The van der Waals surface area contributed by atoms with Crippen LogP contribution in [0, 0.1) is 11.7 Å². The molecule has 1 N–H and O–H groups in total. The first-order valence-electron chi connectivity index (χ1n) is 7.22. The smallest absolute Gasteiger partial charge is 0.123 e. The third-order valence-electron chi connectivity index (χ3n) is 4.00. The lowest BCUT2D eigenvalue weighted by atomic mass is 9.80. The van der Waals surface area contributed by atoms with Gasteiger partial charge in [0.1, 0.15) is 5.82 Å². The molecule has 0 radical (unpaired) electrons. The van der Waals surface area contributed by atoms with E-state index in [-0.39, 0.29) is 30.0 Å². The van der Waals surface area contributed by atoms with Gasteiger partial charge in [-0.3, -0.25) is 0 Å². The van der Waals surface area contributed by atoms with Gasteiger partial charge >= 0.3 is 0 Å². The van der Waals surface area contributed by atoms with Crippen molar-refractivity contribution in [3.8, 4) is 0 Å². The van der Waals surface area contributed by atoms with Crippen molar-refractivity contribution in [3.05, 3.63) is 35.6 Å². The summed E-state index contributed by atoms with van der Waals surface area (Å²) >= 11 is 0. The molecule has 0 bridgehead atoms. The van der Waals surface area contributed by atoms with Crippen LogP contribution in [0.15, 0.2) is 24.3 Å². The zero-order valence-electron chi connectivity index (χ0n) is 11.7. The molecule has 1 aromatic rings. The van der Waals surface area contributed by atoms with Gasteiger partial charge in [-0.1, -0.05) is 38.3 Å². The summed E-state index contributed by atoms with van der Waals surface area (Å²) in [4.78, 5) is 0. The zero-order valence-corrected chi connectivity index (χ0v) is 11.7. The lowest BCUT2D eigenvalue weighted by molar-refractivity contribution is -0.214. The molecule has 106 valence electrons. The highest BCUT2D eigenvalue weighted by Crippen LogP contribution is 2.43. The Bertz CT molecular complexity index is 390. The number of rotatable bonds is 6. The van der Waals surface area contributed by atoms with Gasteiger partial charge in [0.25, 0.3) is 0 Å². The van der Waals surface area contributed by atoms with Gasteiger partial charge in [-0.05, 0) is 31.0 Å². The van der Waals surface area contributed by atoms with Crippen LogP contribution >= 0.6 is 0 Å². The van der Waals surface area contributed by atoms with Gasteiger partial charge in [0.05, 0.1) is 18.3 Å². The maximum Gasteiger partial charge on any atom is 0.123 e. The summed E-state index contributed by atoms with van der Waals surface area (Å²) in [5, 5.41) is 10.3. The monoisotopic (exact) mass is 266 g/mol. The fourth-order valence-corrected chi connectivity index (χ4v) is 2.83. The molecular formula is C16H23FO2. The Hall–Kier alpha value is -0.930. The number of aliphatic hydroxyl groups excluding tert-OH is 1. The molecule has 1 aliphatic rings. The first-order chi connectivity index (χ1) is 9.13. The molecule has 19 heavy (non-hydrogen) atoms. The molecule has 0 aliphatic carbocycles. The van der Waals surface area contributed by atoms with Gasteiger partial charge in [0, 0.05) is 5.92 Å². The van der Waals surface area contributed by atoms with Crippen LogP contribution < -0.4 is 0 Å². The Balaban J connectivity index is 1.96. The number of halogens is 1. The lowest BCUT2D eigenvalue weighted by Crippen LogP contribution is -2.47. The van der Waals surface area contributed by atoms with E-state index in [0.717, 1.165) is 31.2 Å². The number of aliphatic hydroxyl groups is 1. The first kappa shape index (κ1) is 14.5. The van der Waals surface area contributed by atoms with Gasteiger partial charge in [-0.15, -0.1) is 0 Å². The highest BCUT2D eigenvalue weighted by Gasteiger charge is 2.44. The molecule has 1 saturated heterocycles. The zero-order chi connectivity index (χ0) is 13.8.